The van der Waals surface area contributed by atoms with Gasteiger partial charge < -0.3 is 9.64 Å². The van der Waals surface area contributed by atoms with Gasteiger partial charge in [-0.3, -0.25) is 0 Å². The summed E-state index contributed by atoms with van der Waals surface area (Å²) in [7, 11) is 0. The third-order valence-electron chi connectivity index (χ3n) is 3.33. The summed E-state index contributed by atoms with van der Waals surface area (Å²) in [5.41, 5.74) is 2.07. The smallest absolute Gasteiger partial charge is 0.410 e. The highest BCUT2D eigenvalue weighted by Gasteiger charge is 2.18. The summed E-state index contributed by atoms with van der Waals surface area (Å²) < 4.78 is 6.45. The van der Waals surface area contributed by atoms with E-state index in [0.29, 0.717) is 13.2 Å². The molecule has 0 atom stereocenters. The average Bonchev–Trinajstić information content (AvgIpc) is 2.52. The molecule has 0 saturated carbocycles. The average molecular weight is 362 g/mol. The van der Waals surface area contributed by atoms with Crippen LogP contribution >= 0.6 is 15.9 Å². The largest absolute Gasteiger partial charge is 0.445 e. The molecule has 0 N–H and O–H groups in total. The summed E-state index contributed by atoms with van der Waals surface area (Å²) >= 11 is 3.42. The SMILES string of the molecule is CC(C)N(Cc1ccc(Br)cc1)C(=O)OCc1ccccc1. The lowest BCUT2D eigenvalue weighted by Gasteiger charge is -2.26. The first-order valence-corrected chi connectivity index (χ1v) is 8.07. The Morgan fingerprint density at radius 2 is 1.68 bits per heavy atom. The Balaban J connectivity index is 1.97. The molecule has 2 rings (SSSR count). The molecule has 0 spiro atoms. The number of carbonyl (C=O) groups excluding carboxylic acids is 1. The number of amides is 1. The summed E-state index contributed by atoms with van der Waals surface area (Å²) in [6.07, 6.45) is -0.290. The molecule has 2 aromatic rings. The van der Waals surface area contributed by atoms with E-state index >= 15 is 0 Å². The summed E-state index contributed by atoms with van der Waals surface area (Å²) in [6.45, 7) is 4.81. The minimum Gasteiger partial charge on any atom is -0.445 e. The lowest BCUT2D eigenvalue weighted by Crippen LogP contribution is -2.36. The minimum absolute atomic E-state index is 0.0759. The zero-order valence-corrected chi connectivity index (χ0v) is 14.4. The number of nitrogens with zero attached hydrogens (tertiary/aromatic N) is 1. The summed E-state index contributed by atoms with van der Waals surface area (Å²) in [5, 5.41) is 0. The van der Waals surface area contributed by atoms with Gasteiger partial charge in [0.2, 0.25) is 0 Å². The highest BCUT2D eigenvalue weighted by Crippen LogP contribution is 2.15. The van der Waals surface area contributed by atoms with E-state index in [0.717, 1.165) is 15.6 Å². The lowest BCUT2D eigenvalue weighted by molar-refractivity contribution is 0.0829. The van der Waals surface area contributed by atoms with Gasteiger partial charge in [-0.1, -0.05) is 58.4 Å². The van der Waals surface area contributed by atoms with Gasteiger partial charge in [-0.25, -0.2) is 4.79 Å². The van der Waals surface area contributed by atoms with Crippen LogP contribution in [0, 0.1) is 0 Å². The lowest BCUT2D eigenvalue weighted by atomic mass is 10.2. The third kappa shape index (κ3) is 4.88. The van der Waals surface area contributed by atoms with E-state index in [4.69, 9.17) is 4.74 Å². The monoisotopic (exact) mass is 361 g/mol. The van der Waals surface area contributed by atoms with Crippen LogP contribution in [-0.2, 0) is 17.9 Å². The Bertz CT molecular complexity index is 596. The summed E-state index contributed by atoms with van der Waals surface area (Å²) in [4.78, 5) is 14.1. The van der Waals surface area contributed by atoms with Gasteiger partial charge in [0.05, 0.1) is 0 Å². The fourth-order valence-corrected chi connectivity index (χ4v) is 2.31. The predicted octanol–water partition coefficient (Wildman–Crippen LogP) is 5.00. The van der Waals surface area contributed by atoms with Crippen molar-refractivity contribution in [2.75, 3.05) is 0 Å². The first-order chi connectivity index (χ1) is 10.6. The second-order valence-electron chi connectivity index (χ2n) is 5.39. The first-order valence-electron chi connectivity index (χ1n) is 7.28. The molecule has 0 bridgehead atoms. The van der Waals surface area contributed by atoms with E-state index < -0.39 is 0 Å². The van der Waals surface area contributed by atoms with Crippen LogP contribution < -0.4 is 0 Å². The molecule has 3 nitrogen and oxygen atoms in total. The molecule has 22 heavy (non-hydrogen) atoms. The Kier molecular flexibility index (Phi) is 6.01. The number of benzene rings is 2. The van der Waals surface area contributed by atoms with Crippen molar-refractivity contribution in [3.8, 4) is 0 Å². The Morgan fingerprint density at radius 1 is 1.05 bits per heavy atom. The second kappa shape index (κ2) is 7.99. The van der Waals surface area contributed by atoms with Crippen molar-refractivity contribution in [1.82, 2.24) is 4.90 Å². The third-order valence-corrected chi connectivity index (χ3v) is 3.86. The van der Waals surface area contributed by atoms with Crippen molar-refractivity contribution >= 4 is 22.0 Å². The summed E-state index contributed by atoms with van der Waals surface area (Å²) in [6, 6.07) is 17.7. The van der Waals surface area contributed by atoms with Crippen LogP contribution in [0.5, 0.6) is 0 Å². The zero-order valence-electron chi connectivity index (χ0n) is 12.8. The Labute approximate surface area is 140 Å². The molecule has 0 aromatic heterocycles. The van der Waals surface area contributed by atoms with Gasteiger partial charge in [0, 0.05) is 17.1 Å². The number of carbonyl (C=O) groups is 1. The highest BCUT2D eigenvalue weighted by molar-refractivity contribution is 9.10. The van der Waals surface area contributed by atoms with Gasteiger partial charge >= 0.3 is 6.09 Å². The van der Waals surface area contributed by atoms with E-state index in [1.54, 1.807) is 4.90 Å². The molecule has 0 saturated heterocycles. The van der Waals surface area contributed by atoms with Gasteiger partial charge in [-0.15, -0.1) is 0 Å². The van der Waals surface area contributed by atoms with Crippen LogP contribution in [0.4, 0.5) is 4.79 Å². The van der Waals surface area contributed by atoms with Gasteiger partial charge in [0.15, 0.2) is 0 Å². The van der Waals surface area contributed by atoms with Crippen molar-refractivity contribution in [3.63, 3.8) is 0 Å². The highest BCUT2D eigenvalue weighted by atomic mass is 79.9. The molecular weight excluding hydrogens is 342 g/mol. The van der Waals surface area contributed by atoms with Crippen molar-refractivity contribution in [1.29, 1.82) is 0 Å². The molecule has 0 aliphatic heterocycles. The number of rotatable bonds is 5. The Hall–Kier alpha value is -1.81. The molecular formula is C18H20BrNO2. The van der Waals surface area contributed by atoms with Crippen LogP contribution in [0.1, 0.15) is 25.0 Å². The van der Waals surface area contributed by atoms with E-state index in [2.05, 4.69) is 15.9 Å². The molecule has 0 unspecified atom stereocenters. The van der Waals surface area contributed by atoms with Crippen LogP contribution in [0.25, 0.3) is 0 Å². The molecule has 0 aliphatic rings. The van der Waals surface area contributed by atoms with Crippen LogP contribution in [0.2, 0.25) is 0 Å². The van der Waals surface area contributed by atoms with Gasteiger partial charge in [0.25, 0.3) is 0 Å². The quantitative estimate of drug-likeness (QED) is 0.749. The topological polar surface area (TPSA) is 29.5 Å². The second-order valence-corrected chi connectivity index (χ2v) is 6.30. The normalized spacial score (nSPS) is 10.5. The van der Waals surface area contributed by atoms with Gasteiger partial charge in [-0.05, 0) is 37.1 Å². The molecule has 0 aliphatic carbocycles. The Morgan fingerprint density at radius 3 is 2.27 bits per heavy atom. The van der Waals surface area contributed by atoms with E-state index in [1.165, 1.54) is 0 Å². The van der Waals surface area contributed by atoms with E-state index in [9.17, 15) is 4.79 Å². The summed E-state index contributed by atoms with van der Waals surface area (Å²) in [5.74, 6) is 0. The van der Waals surface area contributed by atoms with Crippen molar-refractivity contribution in [3.05, 3.63) is 70.2 Å². The van der Waals surface area contributed by atoms with E-state index in [-0.39, 0.29) is 12.1 Å². The van der Waals surface area contributed by atoms with Gasteiger partial charge in [0.1, 0.15) is 6.61 Å². The molecule has 0 fully saturated rings. The fourth-order valence-electron chi connectivity index (χ4n) is 2.05. The molecule has 0 heterocycles. The maximum Gasteiger partial charge on any atom is 0.410 e. The molecule has 2 aromatic carbocycles. The number of hydrogen-bond acceptors (Lipinski definition) is 2. The minimum atomic E-state index is -0.290. The van der Waals surface area contributed by atoms with Crippen molar-refractivity contribution in [2.45, 2.75) is 33.0 Å². The number of ether oxygens (including phenoxy) is 1. The fraction of sp³-hybridized carbons (Fsp3) is 0.278. The standard InChI is InChI=1S/C18H20BrNO2/c1-14(2)20(12-15-8-10-17(19)11-9-15)18(21)22-13-16-6-4-3-5-7-16/h3-11,14H,12-13H2,1-2H3. The van der Waals surface area contributed by atoms with Crippen LogP contribution in [0.3, 0.4) is 0 Å². The zero-order chi connectivity index (χ0) is 15.9. The molecule has 4 heteroatoms. The van der Waals surface area contributed by atoms with Crippen LogP contribution in [-0.4, -0.2) is 17.0 Å². The van der Waals surface area contributed by atoms with Crippen molar-refractivity contribution in [2.24, 2.45) is 0 Å². The maximum atomic E-state index is 12.3. The van der Waals surface area contributed by atoms with Crippen LogP contribution in [0.15, 0.2) is 59.1 Å². The first kappa shape index (κ1) is 16.6. The molecule has 1 amide bonds. The maximum absolute atomic E-state index is 12.3. The number of hydrogen-bond donors (Lipinski definition) is 0. The van der Waals surface area contributed by atoms with Gasteiger partial charge in [-0.2, -0.15) is 0 Å². The van der Waals surface area contributed by atoms with E-state index in [1.807, 2.05) is 68.4 Å². The number of halogens is 1. The molecule has 0 radical (unpaired) electrons. The van der Waals surface area contributed by atoms with Crippen molar-refractivity contribution < 1.29 is 9.53 Å². The predicted molar refractivity (Wildman–Crippen MR) is 91.4 cm³/mol. The molecule has 116 valence electrons.